The highest BCUT2D eigenvalue weighted by molar-refractivity contribution is 7.13. The highest BCUT2D eigenvalue weighted by atomic mass is 32.1. The molecular formula is C21H20F2N2O4S. The lowest BCUT2D eigenvalue weighted by Crippen LogP contribution is -2.25. The van der Waals surface area contributed by atoms with E-state index in [-0.39, 0.29) is 24.6 Å². The highest BCUT2D eigenvalue weighted by Crippen LogP contribution is 2.33. The molecule has 9 heteroatoms. The minimum Gasteiger partial charge on any atom is -0.493 e. The Morgan fingerprint density at radius 3 is 2.60 bits per heavy atom. The maximum absolute atomic E-state index is 12.5. The van der Waals surface area contributed by atoms with E-state index in [0.29, 0.717) is 22.8 Å². The molecule has 1 heterocycles. The Bertz CT molecular complexity index is 1010. The van der Waals surface area contributed by atoms with E-state index < -0.39 is 6.61 Å². The fraction of sp³-hybridized carbons (Fsp3) is 0.238. The number of amides is 1. The second kappa shape index (κ2) is 10.0. The van der Waals surface area contributed by atoms with Crippen molar-refractivity contribution in [3.8, 4) is 27.8 Å². The third kappa shape index (κ3) is 5.44. The van der Waals surface area contributed by atoms with E-state index in [1.807, 2.05) is 12.1 Å². The van der Waals surface area contributed by atoms with Gasteiger partial charge in [0.25, 0.3) is 0 Å². The monoisotopic (exact) mass is 434 g/mol. The van der Waals surface area contributed by atoms with E-state index in [1.165, 1.54) is 17.4 Å². The summed E-state index contributed by atoms with van der Waals surface area (Å²) in [7, 11) is 3.12. The van der Waals surface area contributed by atoms with Gasteiger partial charge >= 0.3 is 6.61 Å². The Kier molecular flexibility index (Phi) is 7.18. The summed E-state index contributed by atoms with van der Waals surface area (Å²) in [5.41, 5.74) is 1.93. The van der Waals surface area contributed by atoms with Crippen LogP contribution in [-0.2, 0) is 17.8 Å². The molecule has 0 saturated heterocycles. The number of para-hydroxylation sites is 1. The Balaban J connectivity index is 1.62. The number of carbonyl (C=O) groups is 1. The molecule has 30 heavy (non-hydrogen) atoms. The SMILES string of the molecule is COc1ccc(-c2nc(CC(=O)NCc3ccccc3OC(F)F)cs2)cc1OC. The first-order chi connectivity index (χ1) is 14.5. The second-order valence-corrected chi connectivity index (χ2v) is 7.01. The average molecular weight is 434 g/mol. The zero-order valence-electron chi connectivity index (χ0n) is 16.4. The van der Waals surface area contributed by atoms with E-state index in [4.69, 9.17) is 9.47 Å². The number of benzene rings is 2. The molecule has 1 amide bonds. The summed E-state index contributed by atoms with van der Waals surface area (Å²) in [5.74, 6) is 0.978. The van der Waals surface area contributed by atoms with Crippen LogP contribution in [0.25, 0.3) is 10.6 Å². The number of alkyl halides is 2. The van der Waals surface area contributed by atoms with Crippen LogP contribution in [0.4, 0.5) is 8.78 Å². The molecule has 158 valence electrons. The second-order valence-electron chi connectivity index (χ2n) is 6.15. The number of thiazole rings is 1. The number of rotatable bonds is 9. The lowest BCUT2D eigenvalue weighted by atomic mass is 10.2. The third-order valence-electron chi connectivity index (χ3n) is 4.19. The molecule has 3 rings (SSSR count). The zero-order valence-corrected chi connectivity index (χ0v) is 17.2. The van der Waals surface area contributed by atoms with Crippen LogP contribution in [0, 0.1) is 0 Å². The lowest BCUT2D eigenvalue weighted by Gasteiger charge is -2.11. The van der Waals surface area contributed by atoms with Gasteiger partial charge in [0, 0.05) is 23.1 Å². The van der Waals surface area contributed by atoms with Crippen LogP contribution in [0.2, 0.25) is 0 Å². The van der Waals surface area contributed by atoms with Crippen molar-refractivity contribution in [3.63, 3.8) is 0 Å². The standard InChI is InChI=1S/C21H20F2N2O4S/c1-27-17-8-7-13(9-18(17)28-2)20-25-15(12-30-20)10-19(26)24-11-14-5-3-4-6-16(14)29-21(22)23/h3-9,12,21H,10-11H2,1-2H3,(H,24,26). The lowest BCUT2D eigenvalue weighted by molar-refractivity contribution is -0.120. The van der Waals surface area contributed by atoms with Crippen LogP contribution in [0.5, 0.6) is 17.2 Å². The molecular weight excluding hydrogens is 414 g/mol. The van der Waals surface area contributed by atoms with Crippen LogP contribution >= 0.6 is 11.3 Å². The summed E-state index contributed by atoms with van der Waals surface area (Å²) in [5, 5.41) is 5.26. The third-order valence-corrected chi connectivity index (χ3v) is 5.13. The van der Waals surface area contributed by atoms with Crippen molar-refractivity contribution in [1.29, 1.82) is 0 Å². The van der Waals surface area contributed by atoms with Crippen molar-refractivity contribution in [3.05, 3.63) is 59.1 Å². The molecule has 0 atom stereocenters. The summed E-state index contributed by atoms with van der Waals surface area (Å²) in [6.45, 7) is -2.85. The Labute approximate surface area is 176 Å². The number of halogens is 2. The number of hydrogen-bond donors (Lipinski definition) is 1. The Hall–Kier alpha value is -3.20. The van der Waals surface area contributed by atoms with Gasteiger partial charge < -0.3 is 19.5 Å². The van der Waals surface area contributed by atoms with E-state index in [9.17, 15) is 13.6 Å². The van der Waals surface area contributed by atoms with Crippen molar-refractivity contribution in [1.82, 2.24) is 10.3 Å². The molecule has 0 aliphatic carbocycles. The van der Waals surface area contributed by atoms with Gasteiger partial charge in [-0.2, -0.15) is 8.78 Å². The van der Waals surface area contributed by atoms with Gasteiger partial charge in [-0.15, -0.1) is 11.3 Å². The number of ether oxygens (including phenoxy) is 3. The summed E-state index contributed by atoms with van der Waals surface area (Å²) < 4.78 is 40.0. The Morgan fingerprint density at radius 1 is 1.10 bits per heavy atom. The number of nitrogens with one attached hydrogen (secondary N) is 1. The van der Waals surface area contributed by atoms with Crippen LogP contribution in [0.3, 0.4) is 0 Å². The minimum absolute atomic E-state index is 0.0391. The van der Waals surface area contributed by atoms with Crippen LogP contribution in [-0.4, -0.2) is 31.7 Å². The van der Waals surface area contributed by atoms with Gasteiger partial charge in [0.2, 0.25) is 5.91 Å². The molecule has 1 aromatic heterocycles. The van der Waals surface area contributed by atoms with E-state index >= 15 is 0 Å². The largest absolute Gasteiger partial charge is 0.493 e. The summed E-state index contributed by atoms with van der Waals surface area (Å²) in [4.78, 5) is 16.8. The van der Waals surface area contributed by atoms with Crippen molar-refractivity contribution >= 4 is 17.2 Å². The van der Waals surface area contributed by atoms with Crippen molar-refractivity contribution in [2.24, 2.45) is 0 Å². The van der Waals surface area contributed by atoms with Gasteiger partial charge in [-0.05, 0) is 24.3 Å². The van der Waals surface area contributed by atoms with Crippen LogP contribution in [0.1, 0.15) is 11.3 Å². The first kappa shape index (κ1) is 21.5. The predicted molar refractivity (Wildman–Crippen MR) is 109 cm³/mol. The maximum atomic E-state index is 12.5. The maximum Gasteiger partial charge on any atom is 0.387 e. The van der Waals surface area contributed by atoms with Crippen molar-refractivity contribution in [2.45, 2.75) is 19.6 Å². The van der Waals surface area contributed by atoms with Gasteiger partial charge in [0.15, 0.2) is 11.5 Å². The predicted octanol–water partition coefficient (Wildman–Crippen LogP) is 4.29. The average Bonchev–Trinajstić information content (AvgIpc) is 3.20. The fourth-order valence-electron chi connectivity index (χ4n) is 2.77. The molecule has 2 aromatic carbocycles. The molecule has 0 spiro atoms. The molecule has 0 saturated carbocycles. The topological polar surface area (TPSA) is 69.7 Å². The van der Waals surface area contributed by atoms with Gasteiger partial charge in [-0.3, -0.25) is 4.79 Å². The van der Waals surface area contributed by atoms with Gasteiger partial charge in [-0.1, -0.05) is 18.2 Å². The van der Waals surface area contributed by atoms with Crippen molar-refractivity contribution in [2.75, 3.05) is 14.2 Å². The number of nitrogens with zero attached hydrogens (tertiary/aromatic N) is 1. The number of hydrogen-bond acceptors (Lipinski definition) is 6. The number of aromatic nitrogens is 1. The normalized spacial score (nSPS) is 10.7. The molecule has 6 nitrogen and oxygen atoms in total. The van der Waals surface area contributed by atoms with Gasteiger partial charge in [0.05, 0.1) is 26.3 Å². The van der Waals surface area contributed by atoms with E-state index in [1.54, 1.807) is 43.9 Å². The molecule has 0 radical (unpaired) electrons. The Morgan fingerprint density at radius 2 is 1.87 bits per heavy atom. The molecule has 1 N–H and O–H groups in total. The smallest absolute Gasteiger partial charge is 0.387 e. The van der Waals surface area contributed by atoms with Crippen LogP contribution < -0.4 is 19.5 Å². The molecule has 0 fully saturated rings. The number of carbonyl (C=O) groups excluding carboxylic acids is 1. The first-order valence-electron chi connectivity index (χ1n) is 8.96. The molecule has 3 aromatic rings. The molecule has 0 aliphatic heterocycles. The first-order valence-corrected chi connectivity index (χ1v) is 9.84. The zero-order chi connectivity index (χ0) is 21.5. The van der Waals surface area contributed by atoms with E-state index in [0.717, 1.165) is 10.6 Å². The quantitative estimate of drug-likeness (QED) is 0.544. The summed E-state index contributed by atoms with van der Waals surface area (Å²) >= 11 is 1.41. The van der Waals surface area contributed by atoms with Gasteiger partial charge in [0.1, 0.15) is 10.8 Å². The summed E-state index contributed by atoms with van der Waals surface area (Å²) in [6, 6.07) is 11.8. The molecule has 0 aliphatic rings. The fourth-order valence-corrected chi connectivity index (χ4v) is 3.59. The van der Waals surface area contributed by atoms with Crippen molar-refractivity contribution < 1.29 is 27.8 Å². The van der Waals surface area contributed by atoms with Crippen LogP contribution in [0.15, 0.2) is 47.8 Å². The minimum atomic E-state index is -2.92. The van der Waals surface area contributed by atoms with Gasteiger partial charge in [-0.25, -0.2) is 4.98 Å². The number of methoxy groups -OCH3 is 2. The highest BCUT2D eigenvalue weighted by Gasteiger charge is 2.13. The molecule has 0 bridgehead atoms. The summed E-state index contributed by atoms with van der Waals surface area (Å²) in [6.07, 6.45) is 0.0711. The molecule has 0 unspecified atom stereocenters. The van der Waals surface area contributed by atoms with E-state index in [2.05, 4.69) is 15.0 Å².